The number of aliphatic carboxylic acids is 1. The number of aromatic amines is 8. The van der Waals surface area contributed by atoms with Gasteiger partial charge in [0, 0.05) is 54.6 Å². The number of carboxylic acids is 1. The summed E-state index contributed by atoms with van der Waals surface area (Å²) < 4.78 is 60.4. The highest BCUT2D eigenvalue weighted by atomic mass is 32.2. The molecule has 91 heavy (non-hydrogen) atoms. The van der Waals surface area contributed by atoms with Crippen LogP contribution in [0.5, 0.6) is 5.75 Å². The maximum absolute atomic E-state index is 12.0. The fraction of sp³-hybridized carbons (Fsp3) is 0.381. The number of carbonyl (C=O) groups excluding carboxylic acids is 3. The van der Waals surface area contributed by atoms with Gasteiger partial charge in [0.25, 0.3) is 10.1 Å². The maximum atomic E-state index is 12.0. The molecule has 0 fully saturated rings. The van der Waals surface area contributed by atoms with E-state index in [1.54, 1.807) is 42.5 Å². The number of aliphatic imine (C=N–C) groups is 1. The molecule has 0 spiro atoms. The van der Waals surface area contributed by atoms with E-state index in [4.69, 9.17) is 19.8 Å². The van der Waals surface area contributed by atoms with Crippen LogP contribution in [-0.2, 0) is 40.3 Å². The van der Waals surface area contributed by atoms with Crippen molar-refractivity contribution in [3.05, 3.63) is 155 Å². The second-order valence-corrected chi connectivity index (χ2v) is 24.7. The van der Waals surface area contributed by atoms with Crippen molar-refractivity contribution in [2.75, 3.05) is 19.7 Å². The standard InChI is InChI=1S/C15H18O3.C12H16N4O.C12H17N3O3S.C12H16N2O4S.C12H12N2O4/c1-2-3-4-5-6-13(16)11-7-8-14-12(9-11)10-15(17)18-14;1-2-3-6-14-11(13)8-4-5-9-10(7-8)16-12(17)15-9;1-2-3-4-7-13-19(17,18)9-5-6-10-11(8-9)15-12(16)14-10;1-2-3-4-7-18-19(16,17)9-5-6-10-11(8-9)14-12(15)13-10;15-10(2-1-3-11(16)17)7-4-5-8-9(6-7)14-12(18)13-8/h7-9H,2-6,10H2,1H3;4-5,7H,2-3,6H2,1H3,(H2,13,14)(H2,15,16,17);5-6,8,13H,2-4,7H2,1H3,(H2,14,15,16);5-6,8H,2-4,7H2,1H3,(H2,13,14,15);4-6H,1-3H2,(H,16,17)(H2,13,14,18). The van der Waals surface area contributed by atoms with Gasteiger partial charge in [-0.1, -0.05) is 79.1 Å². The van der Waals surface area contributed by atoms with Crippen LogP contribution in [0.2, 0.25) is 0 Å². The van der Waals surface area contributed by atoms with E-state index >= 15 is 0 Å². The van der Waals surface area contributed by atoms with Gasteiger partial charge >= 0.3 is 34.7 Å². The zero-order valence-electron chi connectivity index (χ0n) is 51.3. The number of imidazole rings is 4. The number of H-pyrrole nitrogens is 8. The van der Waals surface area contributed by atoms with Crippen LogP contribution in [0.25, 0.3) is 44.1 Å². The molecule has 0 saturated carbocycles. The first-order valence-electron chi connectivity index (χ1n) is 30.2. The Morgan fingerprint density at radius 3 is 1.53 bits per heavy atom. The molecule has 0 bridgehead atoms. The summed E-state index contributed by atoms with van der Waals surface area (Å²) >= 11 is 0. The maximum Gasteiger partial charge on any atom is 0.323 e. The monoisotopic (exact) mass is 1290 g/mol. The first-order valence-corrected chi connectivity index (χ1v) is 33.1. The van der Waals surface area contributed by atoms with Gasteiger partial charge in [0.2, 0.25) is 10.0 Å². The number of hydrogen-bond donors (Lipinski definition) is 11. The van der Waals surface area contributed by atoms with Gasteiger partial charge in [0.05, 0.1) is 67.0 Å². The molecule has 0 atom stereocenters. The lowest BCUT2D eigenvalue weighted by Gasteiger charge is -2.06. The van der Waals surface area contributed by atoms with Crippen LogP contribution in [0.1, 0.15) is 162 Å². The third-order valence-corrected chi connectivity index (χ3v) is 16.8. The summed E-state index contributed by atoms with van der Waals surface area (Å²) in [6, 6.07) is 24.5. The van der Waals surface area contributed by atoms with E-state index in [-0.39, 0.29) is 76.0 Å². The summed E-state index contributed by atoms with van der Waals surface area (Å²) in [5, 5.41) is 8.49. The first-order chi connectivity index (χ1) is 43.5. The van der Waals surface area contributed by atoms with Crippen LogP contribution in [-0.4, -0.2) is 111 Å². The largest absolute Gasteiger partial charge is 0.481 e. The highest BCUT2D eigenvalue weighted by Crippen LogP contribution is 2.28. The average Bonchev–Trinajstić information content (AvgIpc) is 1.88. The number of benzene rings is 5. The number of sulfonamides is 1. The van der Waals surface area contributed by atoms with E-state index in [2.05, 4.69) is 70.4 Å². The number of amidine groups is 1. The average molecular weight is 1290 g/mol. The SMILES string of the molecule is CCCCCCC(=O)c1ccc2c(c1)CC(=O)O2.CCCCCNS(=O)(=O)c1ccc2[nH]c(=O)[nH]c2c1.CCCCCOS(=O)(=O)c1ccc2[nH]c(=O)[nH]c2c1.CCCCN=C(N)c1ccc2[nH]c(=O)[nH]c2c1.O=C(O)CCCC(=O)c1ccc2[nH]c(=O)[nH]c2c1. The number of nitrogens with one attached hydrogen (secondary N) is 9. The molecule has 5 aromatic carbocycles. The quantitative estimate of drug-likeness (QED) is 0.00435. The predicted octanol–water partition coefficient (Wildman–Crippen LogP) is 9.03. The first kappa shape index (κ1) is 70.8. The molecule has 12 N–H and O–H groups in total. The van der Waals surface area contributed by atoms with Crippen molar-refractivity contribution in [2.24, 2.45) is 10.7 Å². The molecule has 4 aromatic heterocycles. The molecule has 1 aliphatic heterocycles. The molecule has 0 aliphatic carbocycles. The Labute approximate surface area is 523 Å². The van der Waals surface area contributed by atoms with Crippen molar-refractivity contribution in [3.8, 4) is 5.75 Å². The number of nitrogens with zero attached hydrogens (tertiary/aromatic N) is 1. The van der Waals surface area contributed by atoms with Gasteiger partial charge in [-0.3, -0.25) is 28.4 Å². The van der Waals surface area contributed by atoms with Gasteiger partial charge in [-0.05, 0) is 123 Å². The number of ether oxygens (including phenoxy) is 1. The van der Waals surface area contributed by atoms with Crippen molar-refractivity contribution in [3.63, 3.8) is 0 Å². The van der Waals surface area contributed by atoms with Gasteiger partial charge in [-0.15, -0.1) is 0 Å². The number of fused-ring (bicyclic) bond motifs is 5. The second-order valence-electron chi connectivity index (χ2n) is 21.3. The number of carboxylic acid groups (broad SMARTS) is 1. The fourth-order valence-electron chi connectivity index (χ4n) is 9.15. The fourth-order valence-corrected chi connectivity index (χ4v) is 11.2. The number of hydrogen-bond acceptors (Lipinski definition) is 15. The Morgan fingerprint density at radius 1 is 0.516 bits per heavy atom. The summed E-state index contributed by atoms with van der Waals surface area (Å²) in [7, 11) is -7.27. The van der Waals surface area contributed by atoms with Crippen LogP contribution in [0.4, 0.5) is 0 Å². The number of aromatic nitrogens is 8. The molecule has 5 heterocycles. The third-order valence-electron chi connectivity index (χ3n) is 14.1. The molecule has 0 amide bonds. The number of carbonyl (C=O) groups is 4. The number of nitrogens with two attached hydrogens (primary N) is 1. The summed E-state index contributed by atoms with van der Waals surface area (Å²) in [4.78, 5) is 115. The van der Waals surface area contributed by atoms with E-state index in [9.17, 15) is 55.2 Å². The van der Waals surface area contributed by atoms with Crippen molar-refractivity contribution < 1.29 is 50.0 Å². The minimum Gasteiger partial charge on any atom is -0.481 e. The molecule has 26 nitrogen and oxygen atoms in total. The third kappa shape index (κ3) is 22.0. The summed E-state index contributed by atoms with van der Waals surface area (Å²) in [6.07, 6.45) is 13.4. The van der Waals surface area contributed by atoms with Crippen LogP contribution >= 0.6 is 0 Å². The molecule has 10 rings (SSSR count). The van der Waals surface area contributed by atoms with Crippen molar-refractivity contribution in [2.45, 2.75) is 147 Å². The smallest absolute Gasteiger partial charge is 0.323 e. The van der Waals surface area contributed by atoms with Gasteiger partial charge in [-0.2, -0.15) is 8.42 Å². The van der Waals surface area contributed by atoms with Gasteiger partial charge < -0.3 is 55.4 Å². The number of esters is 1. The van der Waals surface area contributed by atoms with E-state index in [0.717, 1.165) is 86.5 Å². The van der Waals surface area contributed by atoms with Gasteiger partial charge in [-0.25, -0.2) is 32.3 Å². The van der Waals surface area contributed by atoms with E-state index < -0.39 is 26.1 Å². The van der Waals surface area contributed by atoms with E-state index in [1.807, 2.05) is 25.1 Å². The lowest BCUT2D eigenvalue weighted by Crippen LogP contribution is -2.24. The molecule has 0 unspecified atom stereocenters. The minimum atomic E-state index is -3.76. The van der Waals surface area contributed by atoms with Crippen molar-refractivity contribution in [1.82, 2.24) is 44.6 Å². The molecular weight excluding hydrogens is 1210 g/mol. The van der Waals surface area contributed by atoms with E-state index in [0.29, 0.717) is 81.6 Å². The molecular formula is C63H79N11O15S2. The summed E-state index contributed by atoms with van der Waals surface area (Å²) in [6.45, 7) is 9.71. The minimum absolute atomic E-state index is 0.0189. The zero-order chi connectivity index (χ0) is 66.1. The normalized spacial score (nSPS) is 12.0. The molecule has 28 heteroatoms. The topological polar surface area (TPSA) is 420 Å². The molecule has 488 valence electrons. The van der Waals surface area contributed by atoms with Crippen molar-refractivity contribution >= 4 is 93.6 Å². The predicted molar refractivity (Wildman–Crippen MR) is 348 cm³/mol. The molecule has 9 aromatic rings. The highest BCUT2D eigenvalue weighted by Gasteiger charge is 2.22. The molecule has 0 radical (unpaired) electrons. The van der Waals surface area contributed by atoms with Crippen LogP contribution in [0.3, 0.4) is 0 Å². The van der Waals surface area contributed by atoms with Crippen LogP contribution < -0.4 is 38.0 Å². The van der Waals surface area contributed by atoms with Crippen molar-refractivity contribution in [1.29, 1.82) is 0 Å². The Morgan fingerprint density at radius 2 is 0.967 bits per heavy atom. The zero-order valence-corrected chi connectivity index (χ0v) is 52.9. The number of rotatable bonds is 27. The lowest BCUT2D eigenvalue weighted by atomic mass is 10.0. The summed E-state index contributed by atoms with van der Waals surface area (Å²) in [5.74, 6) is 0.00384. The number of Topliss-reactive ketones (excluding diaryl/α,β-unsaturated/α-hetero) is 2. The second kappa shape index (κ2) is 34.6. The Bertz CT molecular complexity index is 4320. The Balaban J connectivity index is 0.000000181. The van der Waals surface area contributed by atoms with Gasteiger partial charge in [0.15, 0.2) is 11.6 Å². The van der Waals surface area contributed by atoms with E-state index in [1.165, 1.54) is 43.2 Å². The Hall–Kier alpha value is -9.25. The number of unbranched alkanes of at least 4 members (excludes halogenated alkanes) is 8. The number of ketones is 2. The van der Waals surface area contributed by atoms with Crippen LogP contribution in [0.15, 0.2) is 125 Å². The Kier molecular flexibility index (Phi) is 27.0. The van der Waals surface area contributed by atoms with Gasteiger partial charge in [0.1, 0.15) is 11.6 Å². The molecule has 1 aliphatic rings. The lowest BCUT2D eigenvalue weighted by molar-refractivity contribution is -0.137. The molecule has 0 saturated heterocycles. The summed E-state index contributed by atoms with van der Waals surface area (Å²) in [5.41, 5.74) is 12.3. The van der Waals surface area contributed by atoms with Crippen LogP contribution in [0, 0.1) is 0 Å². The highest BCUT2D eigenvalue weighted by molar-refractivity contribution is 7.89.